The van der Waals surface area contributed by atoms with E-state index in [0.29, 0.717) is 0 Å². The topological polar surface area (TPSA) is 38.7 Å². The third-order valence-electron chi connectivity index (χ3n) is 7.88. The molecule has 0 fully saturated rings. The molecule has 8 rings (SSSR count). The fourth-order valence-corrected chi connectivity index (χ4v) is 6.00. The Morgan fingerprint density at radius 3 is 1.48 bits per heavy atom. The minimum atomic E-state index is 0.993. The highest BCUT2D eigenvalue weighted by atomic mass is 14.7. The zero-order chi connectivity index (χ0) is 26.5. The number of rotatable bonds is 4. The average Bonchev–Trinajstić information content (AvgIpc) is 3.04. The summed E-state index contributed by atoms with van der Waals surface area (Å²) in [5.74, 6) is 0. The lowest BCUT2D eigenvalue weighted by Crippen LogP contribution is -1.91. The molecule has 0 amide bonds. The molecule has 3 aromatic heterocycles. The highest BCUT2D eigenvalue weighted by Gasteiger charge is 2.16. The minimum Gasteiger partial charge on any atom is -0.265 e. The first-order chi connectivity index (χ1) is 19.8. The Labute approximate surface area is 231 Å². The zero-order valence-electron chi connectivity index (χ0n) is 21.6. The molecular formula is C37H23N3. The lowest BCUT2D eigenvalue weighted by Gasteiger charge is -2.17. The molecule has 40 heavy (non-hydrogen) atoms. The van der Waals surface area contributed by atoms with Crippen LogP contribution >= 0.6 is 0 Å². The van der Waals surface area contributed by atoms with Crippen LogP contribution in [0.15, 0.2) is 140 Å². The Morgan fingerprint density at radius 2 is 0.900 bits per heavy atom. The summed E-state index contributed by atoms with van der Waals surface area (Å²) in [6.45, 7) is 0. The Hall–Kier alpha value is -5.41. The minimum absolute atomic E-state index is 0.993. The summed E-state index contributed by atoms with van der Waals surface area (Å²) in [4.78, 5) is 13.1. The molecule has 3 heterocycles. The second kappa shape index (κ2) is 9.11. The van der Waals surface area contributed by atoms with Crippen LogP contribution in [0.2, 0.25) is 0 Å². The molecule has 3 nitrogen and oxygen atoms in total. The molecule has 0 aliphatic rings. The molecular weight excluding hydrogens is 486 g/mol. The molecule has 0 atom stereocenters. The van der Waals surface area contributed by atoms with E-state index in [2.05, 4.69) is 118 Å². The summed E-state index contributed by atoms with van der Waals surface area (Å²) in [5, 5.41) is 7.56. The van der Waals surface area contributed by atoms with Gasteiger partial charge in [-0.3, -0.25) is 15.0 Å². The van der Waals surface area contributed by atoms with E-state index in [1.165, 1.54) is 43.4 Å². The summed E-state index contributed by atoms with van der Waals surface area (Å²) in [6.07, 6.45) is 9.27. The van der Waals surface area contributed by atoms with Gasteiger partial charge in [0.1, 0.15) is 0 Å². The number of hydrogen-bond donors (Lipinski definition) is 0. The van der Waals surface area contributed by atoms with Crippen molar-refractivity contribution in [1.82, 2.24) is 15.0 Å². The third kappa shape index (κ3) is 3.63. The number of aromatic nitrogens is 3. The standard InChI is InChI=1S/C37H23N3/c1-2-16-40-35(3-1)32-9-5-27-6-10-33-31(8-4-26-7-11-34(32)37(27)36(26)33)30-22-28(24-12-17-38-18-13-24)21-29(23-30)25-14-19-39-20-15-25/h1-23H. The van der Waals surface area contributed by atoms with Gasteiger partial charge < -0.3 is 0 Å². The van der Waals surface area contributed by atoms with Gasteiger partial charge in [-0.2, -0.15) is 0 Å². The van der Waals surface area contributed by atoms with Crippen LogP contribution in [0.5, 0.6) is 0 Å². The highest BCUT2D eigenvalue weighted by molar-refractivity contribution is 6.27. The predicted octanol–water partition coefficient (Wildman–Crippen LogP) is 9.44. The van der Waals surface area contributed by atoms with Gasteiger partial charge in [0.2, 0.25) is 0 Å². The smallest absolute Gasteiger partial charge is 0.0708 e. The van der Waals surface area contributed by atoms with Crippen LogP contribution < -0.4 is 0 Å². The summed E-state index contributed by atoms with van der Waals surface area (Å²) >= 11 is 0. The SMILES string of the molecule is c1ccc(-c2ccc3ccc4c(-c5cc(-c6ccncc6)cc(-c6ccncc6)c5)ccc5ccc2c3c54)nc1. The van der Waals surface area contributed by atoms with Crippen LogP contribution in [-0.2, 0) is 0 Å². The van der Waals surface area contributed by atoms with Gasteiger partial charge in [0.15, 0.2) is 0 Å². The molecule has 0 bridgehead atoms. The summed E-state index contributed by atoms with van der Waals surface area (Å²) in [5.41, 5.74) is 9.17. The molecule has 0 unspecified atom stereocenters. The van der Waals surface area contributed by atoms with Crippen LogP contribution in [0.25, 0.3) is 77.0 Å². The van der Waals surface area contributed by atoms with Crippen molar-refractivity contribution >= 4 is 32.3 Å². The molecule has 0 N–H and O–H groups in total. The third-order valence-corrected chi connectivity index (χ3v) is 7.88. The maximum atomic E-state index is 4.66. The molecule has 0 radical (unpaired) electrons. The molecule has 186 valence electrons. The number of nitrogens with zero attached hydrogens (tertiary/aromatic N) is 3. The molecule has 5 aromatic carbocycles. The fourth-order valence-electron chi connectivity index (χ4n) is 6.00. The van der Waals surface area contributed by atoms with Crippen molar-refractivity contribution in [3.05, 3.63) is 140 Å². The van der Waals surface area contributed by atoms with Crippen molar-refractivity contribution < 1.29 is 0 Å². The number of pyridine rings is 3. The first-order valence-electron chi connectivity index (χ1n) is 13.4. The van der Waals surface area contributed by atoms with Gasteiger partial charge in [0, 0.05) is 36.5 Å². The van der Waals surface area contributed by atoms with Gasteiger partial charge in [-0.25, -0.2) is 0 Å². The summed E-state index contributed by atoms with van der Waals surface area (Å²) < 4.78 is 0. The van der Waals surface area contributed by atoms with Crippen LogP contribution in [-0.4, -0.2) is 15.0 Å². The van der Waals surface area contributed by atoms with E-state index >= 15 is 0 Å². The van der Waals surface area contributed by atoms with Crippen LogP contribution in [0.1, 0.15) is 0 Å². The predicted molar refractivity (Wildman–Crippen MR) is 165 cm³/mol. The monoisotopic (exact) mass is 509 g/mol. The summed E-state index contributed by atoms with van der Waals surface area (Å²) in [6, 6.07) is 39.2. The second-order valence-corrected chi connectivity index (χ2v) is 10.1. The Bertz CT molecular complexity index is 2080. The van der Waals surface area contributed by atoms with E-state index in [4.69, 9.17) is 0 Å². The lowest BCUT2D eigenvalue weighted by molar-refractivity contribution is 1.33. The van der Waals surface area contributed by atoms with E-state index in [9.17, 15) is 0 Å². The van der Waals surface area contributed by atoms with E-state index in [1.807, 2.05) is 37.1 Å². The van der Waals surface area contributed by atoms with Crippen molar-refractivity contribution in [2.75, 3.05) is 0 Å². The normalized spacial score (nSPS) is 11.5. The Balaban J connectivity index is 1.41. The average molecular weight is 510 g/mol. The van der Waals surface area contributed by atoms with Gasteiger partial charge in [-0.1, -0.05) is 54.6 Å². The van der Waals surface area contributed by atoms with Gasteiger partial charge in [0.05, 0.1) is 5.69 Å². The van der Waals surface area contributed by atoms with Crippen molar-refractivity contribution in [3.8, 4) is 44.6 Å². The maximum absolute atomic E-state index is 4.66. The first-order valence-corrected chi connectivity index (χ1v) is 13.4. The highest BCUT2D eigenvalue weighted by Crippen LogP contribution is 2.43. The van der Waals surface area contributed by atoms with Gasteiger partial charge in [-0.05, 0) is 120 Å². The fraction of sp³-hybridized carbons (Fsp3) is 0. The Kier molecular flexibility index (Phi) is 5.14. The van der Waals surface area contributed by atoms with Crippen molar-refractivity contribution in [3.63, 3.8) is 0 Å². The molecule has 8 aromatic rings. The van der Waals surface area contributed by atoms with Gasteiger partial charge in [-0.15, -0.1) is 0 Å². The second-order valence-electron chi connectivity index (χ2n) is 10.1. The lowest BCUT2D eigenvalue weighted by atomic mass is 9.86. The van der Waals surface area contributed by atoms with E-state index in [0.717, 1.165) is 33.5 Å². The van der Waals surface area contributed by atoms with E-state index in [-0.39, 0.29) is 0 Å². The summed E-state index contributed by atoms with van der Waals surface area (Å²) in [7, 11) is 0. The van der Waals surface area contributed by atoms with Crippen LogP contribution in [0.4, 0.5) is 0 Å². The molecule has 0 saturated carbocycles. The van der Waals surface area contributed by atoms with Gasteiger partial charge in [0.25, 0.3) is 0 Å². The largest absolute Gasteiger partial charge is 0.265 e. The molecule has 0 aliphatic heterocycles. The van der Waals surface area contributed by atoms with Crippen LogP contribution in [0, 0.1) is 0 Å². The molecule has 0 aliphatic carbocycles. The zero-order valence-corrected chi connectivity index (χ0v) is 21.6. The van der Waals surface area contributed by atoms with Crippen molar-refractivity contribution in [2.24, 2.45) is 0 Å². The quantitative estimate of drug-likeness (QED) is 0.222. The molecule has 0 spiro atoms. The number of benzene rings is 5. The number of hydrogen-bond acceptors (Lipinski definition) is 3. The first kappa shape index (κ1) is 22.6. The van der Waals surface area contributed by atoms with E-state index in [1.54, 1.807) is 0 Å². The van der Waals surface area contributed by atoms with Crippen LogP contribution in [0.3, 0.4) is 0 Å². The van der Waals surface area contributed by atoms with Gasteiger partial charge >= 0.3 is 0 Å². The maximum Gasteiger partial charge on any atom is 0.0708 e. The van der Waals surface area contributed by atoms with Crippen molar-refractivity contribution in [2.45, 2.75) is 0 Å². The molecule has 0 saturated heterocycles. The van der Waals surface area contributed by atoms with Crippen molar-refractivity contribution in [1.29, 1.82) is 0 Å². The Morgan fingerprint density at radius 1 is 0.375 bits per heavy atom. The van der Waals surface area contributed by atoms with E-state index < -0.39 is 0 Å². The molecule has 3 heteroatoms.